The SMILES string of the molecule is [CH2-]C1N(c2c(C)cc(C)cc2C)CCN1c1c(C)cc(C)cc1C.[CH2-][O+](c1ccccc1[CH]=[Ru]([Cl])[Cl])C(C)C. The summed E-state index contributed by atoms with van der Waals surface area (Å²) in [5, 5.41) is 0. The van der Waals surface area contributed by atoms with Crippen molar-refractivity contribution in [2.75, 3.05) is 22.9 Å². The van der Waals surface area contributed by atoms with E-state index in [1.165, 1.54) is 44.8 Å². The van der Waals surface area contributed by atoms with Crippen molar-refractivity contribution in [3.8, 4) is 5.75 Å². The van der Waals surface area contributed by atoms with Crippen LogP contribution in [0.25, 0.3) is 0 Å². The fourth-order valence-electron chi connectivity index (χ4n) is 5.59. The molecule has 6 heteroatoms. The second kappa shape index (κ2) is 13.7. The fourth-order valence-corrected chi connectivity index (χ4v) is 7.40. The number of halogens is 2. The first-order chi connectivity index (χ1) is 18.3. The summed E-state index contributed by atoms with van der Waals surface area (Å²) >= 11 is -1.79. The molecule has 0 N–H and O–H groups in total. The van der Waals surface area contributed by atoms with Gasteiger partial charge in [0, 0.05) is 24.5 Å². The summed E-state index contributed by atoms with van der Waals surface area (Å²) in [6.07, 6.45) is 0.399. The Morgan fingerprint density at radius 2 is 1.23 bits per heavy atom. The van der Waals surface area contributed by atoms with Gasteiger partial charge in [0.05, 0.1) is 0 Å². The topological polar surface area (TPSA) is 9.18 Å². The molecule has 0 unspecified atom stereocenters. The average molecular weight is 656 g/mol. The fraction of sp³-hybridized carbons (Fsp3) is 0.364. The molecule has 3 aromatic rings. The summed E-state index contributed by atoms with van der Waals surface area (Å²) in [6.45, 7) is 23.9. The van der Waals surface area contributed by atoms with Gasteiger partial charge < -0.3 is 16.7 Å². The van der Waals surface area contributed by atoms with Crippen LogP contribution in [0.3, 0.4) is 0 Å². The Morgan fingerprint density at radius 3 is 1.62 bits per heavy atom. The van der Waals surface area contributed by atoms with Gasteiger partial charge in [-0.1, -0.05) is 35.4 Å². The third-order valence-corrected chi connectivity index (χ3v) is 8.94. The van der Waals surface area contributed by atoms with E-state index in [-0.39, 0.29) is 12.3 Å². The Hall–Kier alpha value is -1.87. The molecule has 1 fully saturated rings. The van der Waals surface area contributed by atoms with Crippen LogP contribution in [0.4, 0.5) is 11.4 Å². The van der Waals surface area contributed by atoms with Crippen LogP contribution < -0.4 is 9.80 Å². The van der Waals surface area contributed by atoms with E-state index in [4.69, 9.17) is 19.4 Å². The number of nitrogens with zero attached hydrogens (tertiary/aromatic N) is 2. The van der Waals surface area contributed by atoms with Crippen molar-refractivity contribution in [3.63, 3.8) is 0 Å². The van der Waals surface area contributed by atoms with Crippen LogP contribution in [-0.2, 0) is 17.9 Å². The van der Waals surface area contributed by atoms with Crippen molar-refractivity contribution in [2.45, 2.75) is 67.7 Å². The molecule has 214 valence electrons. The van der Waals surface area contributed by atoms with Gasteiger partial charge in [0.15, 0.2) is 0 Å². The summed E-state index contributed by atoms with van der Waals surface area (Å²) in [6, 6.07) is 17.0. The van der Waals surface area contributed by atoms with E-state index >= 15 is 0 Å². The standard InChI is InChI=1S/C22H29N2.C11H14O.2ClH.Ru/c1-14-10-16(3)21(17(4)11-14)23-8-9-24(20(23)7)22-18(5)12-15(2)13-19(22)6;1-9(2)12(4)11-8-6-5-7-10(11)3;;;/h10-13,20H,7-9H2,1-6H3;3,5-9H,4H2,1-2H3;2*1H;/q-1;;;;+2/p-2. The first kappa shape index (κ1) is 31.7. The zero-order valence-corrected chi connectivity index (χ0v) is 27.8. The summed E-state index contributed by atoms with van der Waals surface area (Å²) in [5.74, 6) is 0.993. The maximum atomic E-state index is 5.87. The number of anilines is 2. The van der Waals surface area contributed by atoms with Crippen LogP contribution >= 0.6 is 19.4 Å². The Labute approximate surface area is 249 Å². The number of benzene rings is 3. The van der Waals surface area contributed by atoms with Crippen molar-refractivity contribution >= 4 is 35.4 Å². The van der Waals surface area contributed by atoms with Crippen LogP contribution in [-0.4, -0.2) is 30.0 Å². The molecule has 3 aromatic carbocycles. The van der Waals surface area contributed by atoms with Gasteiger partial charge in [-0.05, 0) is 70.0 Å². The molecule has 0 amide bonds. The zero-order valence-electron chi connectivity index (χ0n) is 24.6. The molecule has 1 heterocycles. The normalized spacial score (nSPS) is 13.9. The summed E-state index contributed by atoms with van der Waals surface area (Å²) in [7, 11) is 15.7. The van der Waals surface area contributed by atoms with Gasteiger partial charge in [-0.25, -0.2) is 0 Å². The minimum atomic E-state index is -1.79. The maximum absolute atomic E-state index is 5.87. The first-order valence-corrected chi connectivity index (χ1v) is 18.8. The number of hydrogen-bond donors (Lipinski definition) is 0. The van der Waals surface area contributed by atoms with E-state index in [2.05, 4.69) is 108 Å². The molecule has 4 rings (SSSR count). The second-order valence-electron chi connectivity index (χ2n) is 10.7. The molecule has 1 aliphatic rings. The van der Waals surface area contributed by atoms with Crippen molar-refractivity contribution in [3.05, 3.63) is 102 Å². The molecule has 0 saturated carbocycles. The van der Waals surface area contributed by atoms with Crippen molar-refractivity contribution in [1.82, 2.24) is 0 Å². The number of aryl methyl sites for hydroxylation is 6. The molecule has 0 bridgehead atoms. The van der Waals surface area contributed by atoms with E-state index in [1.807, 2.05) is 28.9 Å². The second-order valence-corrected chi connectivity index (χ2v) is 16.4. The van der Waals surface area contributed by atoms with E-state index < -0.39 is 13.5 Å². The molecule has 1 saturated heterocycles. The van der Waals surface area contributed by atoms with Gasteiger partial charge in [0.2, 0.25) is 0 Å². The predicted octanol–water partition coefficient (Wildman–Crippen LogP) is 9.25. The van der Waals surface area contributed by atoms with Crippen molar-refractivity contribution < 1.29 is 17.9 Å². The minimum absolute atomic E-state index is 0.130. The third kappa shape index (κ3) is 7.66. The molecule has 3 nitrogen and oxygen atoms in total. The molecule has 0 spiro atoms. The number of hydrogen-bond acceptors (Lipinski definition) is 2. The summed E-state index contributed by atoms with van der Waals surface area (Å²) < 4.78 is 4.74. The van der Waals surface area contributed by atoms with Crippen LogP contribution in [0.2, 0.25) is 0 Å². The molecule has 39 heavy (non-hydrogen) atoms. The van der Waals surface area contributed by atoms with E-state index in [0.717, 1.165) is 24.4 Å². The predicted molar refractivity (Wildman–Crippen MR) is 169 cm³/mol. The molecule has 0 radical (unpaired) electrons. The summed E-state index contributed by atoms with van der Waals surface area (Å²) in [4.78, 5) is 4.92. The first-order valence-electron chi connectivity index (χ1n) is 13.3. The average Bonchev–Trinajstić information content (AvgIpc) is 3.18. The van der Waals surface area contributed by atoms with E-state index in [1.54, 1.807) is 0 Å². The van der Waals surface area contributed by atoms with Gasteiger partial charge in [0.25, 0.3) is 0 Å². The Balaban J connectivity index is 0.000000242. The number of rotatable bonds is 5. The van der Waals surface area contributed by atoms with Crippen molar-refractivity contribution in [2.24, 2.45) is 0 Å². The zero-order chi connectivity index (χ0) is 29.0. The Bertz CT molecular complexity index is 1220. The third-order valence-electron chi connectivity index (χ3n) is 7.10. The summed E-state index contributed by atoms with van der Waals surface area (Å²) in [5.41, 5.74) is 11.8. The number of para-hydroxylation sites is 1. The van der Waals surface area contributed by atoms with Crippen LogP contribution in [0.5, 0.6) is 5.75 Å². The molecular formula is C33H43Cl2N2ORu-. The van der Waals surface area contributed by atoms with Gasteiger partial charge in [-0.2, -0.15) is 0 Å². The Morgan fingerprint density at radius 1 is 0.821 bits per heavy atom. The molecule has 0 atom stereocenters. The molecular weight excluding hydrogens is 612 g/mol. The van der Waals surface area contributed by atoms with Crippen LogP contribution in [0, 0.1) is 55.6 Å². The van der Waals surface area contributed by atoms with Gasteiger partial charge >= 0.3 is 105 Å². The van der Waals surface area contributed by atoms with Gasteiger partial charge in [-0.15, -0.1) is 0 Å². The van der Waals surface area contributed by atoms with Gasteiger partial charge in [0.1, 0.15) is 0 Å². The Kier molecular flexibility index (Phi) is 11.1. The monoisotopic (exact) mass is 655 g/mol. The van der Waals surface area contributed by atoms with Gasteiger partial charge in [-0.3, -0.25) is 0 Å². The van der Waals surface area contributed by atoms with E-state index in [0.29, 0.717) is 0 Å². The van der Waals surface area contributed by atoms with Crippen LogP contribution in [0.1, 0.15) is 52.8 Å². The van der Waals surface area contributed by atoms with Crippen LogP contribution in [0.15, 0.2) is 48.5 Å². The quantitative estimate of drug-likeness (QED) is 0.154. The molecule has 1 aliphatic heterocycles. The van der Waals surface area contributed by atoms with Crippen molar-refractivity contribution in [1.29, 1.82) is 0 Å². The molecule has 0 aliphatic carbocycles. The molecule has 0 aromatic heterocycles. The van der Waals surface area contributed by atoms with E-state index in [9.17, 15) is 0 Å².